The molecule has 1 amide bonds. The highest BCUT2D eigenvalue weighted by atomic mass is 32.1. The fourth-order valence-corrected chi connectivity index (χ4v) is 4.80. The summed E-state index contributed by atoms with van der Waals surface area (Å²) in [6.45, 7) is 2.88. The van der Waals surface area contributed by atoms with Crippen LogP contribution in [0.25, 0.3) is 10.2 Å². The number of thiophene rings is 1. The minimum absolute atomic E-state index is 0.0587. The summed E-state index contributed by atoms with van der Waals surface area (Å²) < 4.78 is 14.3. The maximum Gasteiger partial charge on any atom is 0.263 e. The molecule has 0 spiro atoms. The molecule has 8 heteroatoms. The van der Waals surface area contributed by atoms with Crippen molar-refractivity contribution in [1.29, 1.82) is 0 Å². The van der Waals surface area contributed by atoms with Crippen molar-refractivity contribution in [3.63, 3.8) is 0 Å². The van der Waals surface area contributed by atoms with E-state index in [-0.39, 0.29) is 17.8 Å². The number of fused-ring (bicyclic) bond motifs is 2. The van der Waals surface area contributed by atoms with Gasteiger partial charge in [-0.15, -0.1) is 11.3 Å². The van der Waals surface area contributed by atoms with E-state index in [9.17, 15) is 9.18 Å². The van der Waals surface area contributed by atoms with E-state index in [4.69, 9.17) is 11.5 Å². The van der Waals surface area contributed by atoms with E-state index in [0.717, 1.165) is 39.9 Å². The van der Waals surface area contributed by atoms with Crippen molar-refractivity contribution < 1.29 is 9.18 Å². The highest BCUT2D eigenvalue weighted by Gasteiger charge is 2.24. The third kappa shape index (κ3) is 3.90. The fraction of sp³-hybridized carbons (Fsp3) is 0.333. The molecule has 0 saturated heterocycles. The van der Waals surface area contributed by atoms with Gasteiger partial charge in [0.25, 0.3) is 5.91 Å². The van der Waals surface area contributed by atoms with Gasteiger partial charge >= 0.3 is 0 Å². The molecule has 1 atom stereocenters. The fourth-order valence-electron chi connectivity index (χ4n) is 3.75. The number of nitrogens with one attached hydrogen (secondary N) is 2. The molecule has 6 N–H and O–H groups in total. The quantitative estimate of drug-likeness (QED) is 0.515. The molecule has 1 aliphatic rings. The number of rotatable bonds is 5. The Bertz CT molecular complexity index is 1080. The number of halogens is 1. The first-order valence-electron chi connectivity index (χ1n) is 9.68. The van der Waals surface area contributed by atoms with Crippen molar-refractivity contribution >= 4 is 38.8 Å². The highest BCUT2D eigenvalue weighted by Crippen LogP contribution is 2.33. The van der Waals surface area contributed by atoms with Gasteiger partial charge in [0.05, 0.1) is 11.4 Å². The Labute approximate surface area is 172 Å². The normalized spacial score (nSPS) is 15.9. The van der Waals surface area contributed by atoms with Crippen molar-refractivity contribution in [3.8, 4) is 0 Å². The van der Waals surface area contributed by atoms with E-state index in [1.54, 1.807) is 6.07 Å². The topological polar surface area (TPSA) is 106 Å². The third-order valence-electron chi connectivity index (χ3n) is 5.25. The lowest BCUT2D eigenvalue weighted by atomic mass is 9.87. The van der Waals surface area contributed by atoms with Gasteiger partial charge in [-0.05, 0) is 61.6 Å². The summed E-state index contributed by atoms with van der Waals surface area (Å²) >= 11 is 1.31. The molecule has 0 fully saturated rings. The lowest BCUT2D eigenvalue weighted by Gasteiger charge is -2.26. The molecular formula is C21H24FN5OS. The smallest absolute Gasteiger partial charge is 0.263 e. The van der Waals surface area contributed by atoms with E-state index in [0.29, 0.717) is 35.8 Å². The number of carbonyl (C=O) groups is 1. The molecule has 2 heterocycles. The molecule has 1 aliphatic carbocycles. The van der Waals surface area contributed by atoms with Crippen molar-refractivity contribution in [3.05, 3.63) is 51.8 Å². The van der Waals surface area contributed by atoms with E-state index in [1.807, 2.05) is 25.1 Å². The molecule has 2 aromatic heterocycles. The van der Waals surface area contributed by atoms with Gasteiger partial charge in [-0.25, -0.2) is 9.37 Å². The maximum atomic E-state index is 14.3. The molecule has 152 valence electrons. The Hall–Kier alpha value is -2.71. The van der Waals surface area contributed by atoms with Crippen LogP contribution < -0.4 is 22.1 Å². The van der Waals surface area contributed by atoms with E-state index < -0.39 is 0 Å². The van der Waals surface area contributed by atoms with Gasteiger partial charge in [0, 0.05) is 30.2 Å². The second kappa shape index (κ2) is 7.96. The summed E-state index contributed by atoms with van der Waals surface area (Å²) in [6.07, 6.45) is 2.17. The number of hydrogen-bond donors (Lipinski definition) is 4. The Morgan fingerprint density at radius 1 is 1.34 bits per heavy atom. The molecule has 1 aromatic carbocycles. The minimum atomic E-state index is -0.292. The molecule has 0 bridgehead atoms. The number of benzene rings is 1. The van der Waals surface area contributed by atoms with Crippen LogP contribution >= 0.6 is 11.3 Å². The Balaban J connectivity index is 1.50. The van der Waals surface area contributed by atoms with Crippen LogP contribution in [0.15, 0.2) is 24.3 Å². The van der Waals surface area contributed by atoms with Gasteiger partial charge in [-0.3, -0.25) is 4.79 Å². The second-order valence-electron chi connectivity index (χ2n) is 7.38. The van der Waals surface area contributed by atoms with Crippen LogP contribution in [-0.2, 0) is 12.8 Å². The maximum absolute atomic E-state index is 14.3. The second-order valence-corrected chi connectivity index (χ2v) is 8.38. The summed E-state index contributed by atoms with van der Waals surface area (Å²) in [5, 5.41) is 6.89. The number of amides is 1. The van der Waals surface area contributed by atoms with E-state index >= 15 is 0 Å². The van der Waals surface area contributed by atoms with Crippen molar-refractivity contribution in [2.45, 2.75) is 32.2 Å². The van der Waals surface area contributed by atoms with Gasteiger partial charge < -0.3 is 22.1 Å². The third-order valence-corrected chi connectivity index (χ3v) is 6.37. The zero-order valence-electron chi connectivity index (χ0n) is 16.2. The number of aromatic nitrogens is 1. The van der Waals surface area contributed by atoms with Crippen molar-refractivity contribution in [2.24, 2.45) is 5.73 Å². The van der Waals surface area contributed by atoms with Crippen LogP contribution in [0.5, 0.6) is 0 Å². The van der Waals surface area contributed by atoms with Gasteiger partial charge in [-0.1, -0.05) is 0 Å². The van der Waals surface area contributed by atoms with Crippen LogP contribution in [-0.4, -0.2) is 30.0 Å². The molecule has 0 unspecified atom stereocenters. The highest BCUT2D eigenvalue weighted by molar-refractivity contribution is 7.21. The molecule has 3 aromatic rings. The number of carbonyl (C=O) groups excluding carboxylic acids is 1. The molecule has 0 radical (unpaired) electrons. The number of anilines is 2. The number of nitrogens with two attached hydrogens (primary N) is 2. The van der Waals surface area contributed by atoms with Gasteiger partial charge in [0.2, 0.25) is 0 Å². The number of hydrogen-bond acceptors (Lipinski definition) is 6. The SMILES string of the molecule is Cc1ccc2c(N)c(C(=O)N[C@@H]3CCc4cc(NCCN)c(F)cc4C3)sc2n1. The summed E-state index contributed by atoms with van der Waals surface area (Å²) in [7, 11) is 0. The van der Waals surface area contributed by atoms with E-state index in [2.05, 4.69) is 15.6 Å². The largest absolute Gasteiger partial charge is 0.397 e. The van der Waals surface area contributed by atoms with Crippen molar-refractivity contribution in [1.82, 2.24) is 10.3 Å². The minimum Gasteiger partial charge on any atom is -0.397 e. The Morgan fingerprint density at radius 3 is 2.97 bits per heavy atom. The average Bonchev–Trinajstić information content (AvgIpc) is 3.02. The van der Waals surface area contributed by atoms with Gasteiger partial charge in [0.15, 0.2) is 0 Å². The van der Waals surface area contributed by atoms with Gasteiger partial charge in [0.1, 0.15) is 15.5 Å². The molecular weight excluding hydrogens is 389 g/mol. The number of aryl methyl sites for hydroxylation is 2. The van der Waals surface area contributed by atoms with E-state index in [1.165, 1.54) is 11.3 Å². The number of nitrogen functional groups attached to an aromatic ring is 1. The predicted molar refractivity (Wildman–Crippen MR) is 116 cm³/mol. The summed E-state index contributed by atoms with van der Waals surface area (Å²) in [5.41, 5.74) is 15.5. The molecule has 4 rings (SSSR count). The molecule has 29 heavy (non-hydrogen) atoms. The lowest BCUT2D eigenvalue weighted by Crippen LogP contribution is -2.38. The first-order valence-corrected chi connectivity index (χ1v) is 10.5. The van der Waals surface area contributed by atoms with Crippen LogP contribution in [0, 0.1) is 12.7 Å². The summed E-state index contributed by atoms with van der Waals surface area (Å²) in [5.74, 6) is -0.488. The summed E-state index contributed by atoms with van der Waals surface area (Å²) in [4.78, 5) is 18.5. The first-order chi connectivity index (χ1) is 14.0. The van der Waals surface area contributed by atoms with Crippen LogP contribution in [0.1, 0.15) is 32.9 Å². The first kappa shape index (κ1) is 19.6. The predicted octanol–water partition coefficient (Wildman–Crippen LogP) is 2.98. The number of pyridine rings is 1. The van der Waals surface area contributed by atoms with Gasteiger partial charge in [-0.2, -0.15) is 0 Å². The molecule has 0 aliphatic heterocycles. The van der Waals surface area contributed by atoms with Crippen LogP contribution in [0.3, 0.4) is 0 Å². The average molecular weight is 414 g/mol. The zero-order valence-corrected chi connectivity index (χ0v) is 17.0. The standard InChI is InChI=1S/C21H24FN5OS/c1-11-2-5-15-18(24)19(29-21(15)26-11)20(28)27-14-4-3-12-10-17(25-7-6-23)16(22)9-13(12)8-14/h2,5,9-10,14,25H,3-4,6-8,23-24H2,1H3,(H,27,28)/t14-/m1/s1. The Kier molecular flexibility index (Phi) is 5.38. The molecule has 0 saturated carbocycles. The summed E-state index contributed by atoms with van der Waals surface area (Å²) in [6, 6.07) is 7.15. The van der Waals surface area contributed by atoms with Crippen LogP contribution in [0.4, 0.5) is 15.8 Å². The monoisotopic (exact) mass is 413 g/mol. The zero-order chi connectivity index (χ0) is 20.5. The van der Waals surface area contributed by atoms with Crippen molar-refractivity contribution in [2.75, 3.05) is 24.1 Å². The Morgan fingerprint density at radius 2 is 2.17 bits per heavy atom. The van der Waals surface area contributed by atoms with Crippen LogP contribution in [0.2, 0.25) is 0 Å². The lowest BCUT2D eigenvalue weighted by molar-refractivity contribution is 0.0938. The number of nitrogens with zero attached hydrogens (tertiary/aromatic N) is 1. The molecule has 6 nitrogen and oxygen atoms in total.